The Morgan fingerprint density at radius 1 is 1.37 bits per heavy atom. The minimum Gasteiger partial charge on any atom is -0.374 e. The van der Waals surface area contributed by atoms with Gasteiger partial charge < -0.3 is 19.9 Å². The van der Waals surface area contributed by atoms with E-state index in [-0.39, 0.29) is 42.5 Å². The van der Waals surface area contributed by atoms with Crippen molar-refractivity contribution < 1.29 is 9.53 Å². The number of amides is 1. The number of nitrogens with zero attached hydrogens (tertiary/aromatic N) is 3. The molecule has 4 rings (SSSR count). The van der Waals surface area contributed by atoms with Gasteiger partial charge in [-0.1, -0.05) is 6.07 Å². The molecule has 0 radical (unpaired) electrons. The van der Waals surface area contributed by atoms with Gasteiger partial charge in [-0.05, 0) is 31.2 Å². The predicted molar refractivity (Wildman–Crippen MR) is 119 cm³/mol. The van der Waals surface area contributed by atoms with Gasteiger partial charge >= 0.3 is 0 Å². The summed E-state index contributed by atoms with van der Waals surface area (Å²) >= 11 is 1.74. The Balaban J connectivity index is 0.00000210. The number of likely N-dealkylation sites (tertiary alicyclic amines) is 1. The van der Waals surface area contributed by atoms with Crippen LogP contribution in [0.25, 0.3) is 0 Å². The fourth-order valence-corrected chi connectivity index (χ4v) is 5.19. The lowest BCUT2D eigenvalue weighted by molar-refractivity contribution is -0.127. The third-order valence-corrected chi connectivity index (χ3v) is 6.99. The molecule has 4 heterocycles. The summed E-state index contributed by atoms with van der Waals surface area (Å²) in [4.78, 5) is 21.9. The van der Waals surface area contributed by atoms with Gasteiger partial charge in [-0.3, -0.25) is 4.79 Å². The molecule has 3 aliphatic rings. The van der Waals surface area contributed by atoms with Crippen LogP contribution in [0, 0.1) is 11.8 Å². The lowest BCUT2D eigenvalue weighted by Crippen LogP contribution is -2.43. The number of aliphatic imine (C=N–C) groups is 1. The second kappa shape index (κ2) is 8.65. The maximum absolute atomic E-state index is 12.0. The monoisotopic (exact) mass is 504 g/mol. The highest BCUT2D eigenvalue weighted by Gasteiger charge is 2.53. The first-order chi connectivity index (χ1) is 12.5. The van der Waals surface area contributed by atoms with Crippen LogP contribution in [0.15, 0.2) is 22.5 Å². The maximum Gasteiger partial charge on any atom is 0.243 e. The highest BCUT2D eigenvalue weighted by Crippen LogP contribution is 2.47. The second-order valence-corrected chi connectivity index (χ2v) is 8.81. The third kappa shape index (κ3) is 4.27. The first-order valence-electron chi connectivity index (χ1n) is 9.48. The topological polar surface area (TPSA) is 57.2 Å². The molecule has 1 aromatic rings. The number of carbonyl (C=O) groups excluding carboxylic acids is 1. The summed E-state index contributed by atoms with van der Waals surface area (Å²) in [6.07, 6.45) is 3.25. The van der Waals surface area contributed by atoms with E-state index >= 15 is 0 Å². The molecule has 1 N–H and O–H groups in total. The number of rotatable bonds is 4. The molecular formula is C19H29IN4O2S. The minimum absolute atomic E-state index is 0. The summed E-state index contributed by atoms with van der Waals surface area (Å²) < 4.78 is 6.09. The van der Waals surface area contributed by atoms with E-state index in [2.05, 4.69) is 39.6 Å². The molecule has 3 fully saturated rings. The van der Waals surface area contributed by atoms with Crippen molar-refractivity contribution >= 4 is 47.2 Å². The average Bonchev–Trinajstić information content (AvgIpc) is 3.39. The SMILES string of the molecule is CC(NC(=NCC(=O)N(C)C)N1CC2C3CCC(O3)C2C1)c1cccs1.I. The standard InChI is InChI=1S/C19H28N4O2S.HI/c1-12(17-5-4-8-26-17)21-19(20-9-18(24)22(2)3)23-10-13-14(11-23)16-7-6-15(13)25-16;/h4-5,8,12-16H,6-7,9-11H2,1-3H3,(H,20,21);1H. The maximum atomic E-state index is 12.0. The molecular weight excluding hydrogens is 475 g/mol. The highest BCUT2D eigenvalue weighted by molar-refractivity contribution is 14.0. The number of halogens is 1. The number of ether oxygens (including phenoxy) is 1. The van der Waals surface area contributed by atoms with Crippen LogP contribution in [0.3, 0.4) is 0 Å². The van der Waals surface area contributed by atoms with Gasteiger partial charge in [0, 0.05) is 43.9 Å². The van der Waals surface area contributed by atoms with Gasteiger partial charge in [0.15, 0.2) is 5.96 Å². The van der Waals surface area contributed by atoms with Crippen LogP contribution in [0.2, 0.25) is 0 Å². The van der Waals surface area contributed by atoms with Gasteiger partial charge in [0.25, 0.3) is 0 Å². The zero-order chi connectivity index (χ0) is 18.3. The molecule has 0 aromatic carbocycles. The number of hydrogen-bond donors (Lipinski definition) is 1. The van der Waals surface area contributed by atoms with Crippen molar-refractivity contribution in [1.82, 2.24) is 15.1 Å². The Morgan fingerprint density at radius 3 is 2.59 bits per heavy atom. The van der Waals surface area contributed by atoms with Crippen molar-refractivity contribution in [3.63, 3.8) is 0 Å². The lowest BCUT2D eigenvalue weighted by atomic mass is 9.82. The zero-order valence-electron chi connectivity index (χ0n) is 16.1. The fraction of sp³-hybridized carbons (Fsp3) is 0.684. The minimum atomic E-state index is 0. The average molecular weight is 504 g/mol. The third-order valence-electron chi connectivity index (χ3n) is 5.93. The first-order valence-corrected chi connectivity index (χ1v) is 10.4. The number of carbonyl (C=O) groups is 1. The molecule has 5 atom stereocenters. The molecule has 6 nitrogen and oxygen atoms in total. The van der Waals surface area contributed by atoms with Crippen molar-refractivity contribution in [3.05, 3.63) is 22.4 Å². The molecule has 0 spiro atoms. The quantitative estimate of drug-likeness (QED) is 0.389. The summed E-state index contributed by atoms with van der Waals surface area (Å²) in [5, 5.41) is 5.66. The second-order valence-electron chi connectivity index (χ2n) is 7.83. The van der Waals surface area contributed by atoms with Crippen LogP contribution in [-0.4, -0.2) is 67.6 Å². The van der Waals surface area contributed by atoms with E-state index in [1.165, 1.54) is 17.7 Å². The molecule has 1 aromatic heterocycles. The van der Waals surface area contributed by atoms with Crippen molar-refractivity contribution in [2.45, 2.75) is 38.0 Å². The molecule has 0 saturated carbocycles. The largest absolute Gasteiger partial charge is 0.374 e. The van der Waals surface area contributed by atoms with Gasteiger partial charge in [0.2, 0.25) is 5.91 Å². The van der Waals surface area contributed by atoms with Crippen LogP contribution in [0.1, 0.15) is 30.7 Å². The van der Waals surface area contributed by atoms with Crippen molar-refractivity contribution in [2.24, 2.45) is 16.8 Å². The van der Waals surface area contributed by atoms with E-state index in [0.717, 1.165) is 19.0 Å². The molecule has 2 bridgehead atoms. The van der Waals surface area contributed by atoms with E-state index in [0.29, 0.717) is 24.0 Å². The van der Waals surface area contributed by atoms with Crippen LogP contribution in [0.4, 0.5) is 0 Å². The Kier molecular flexibility index (Phi) is 6.68. The number of guanidine groups is 1. The molecule has 1 amide bonds. The number of fused-ring (bicyclic) bond motifs is 5. The number of likely N-dealkylation sites (N-methyl/N-ethyl adjacent to an activating group) is 1. The smallest absolute Gasteiger partial charge is 0.243 e. The van der Waals surface area contributed by atoms with E-state index < -0.39 is 0 Å². The lowest BCUT2D eigenvalue weighted by Gasteiger charge is -2.26. The van der Waals surface area contributed by atoms with Gasteiger partial charge in [0.1, 0.15) is 6.54 Å². The van der Waals surface area contributed by atoms with Gasteiger partial charge in [-0.25, -0.2) is 4.99 Å². The van der Waals surface area contributed by atoms with E-state index in [4.69, 9.17) is 4.74 Å². The molecule has 8 heteroatoms. The molecule has 27 heavy (non-hydrogen) atoms. The van der Waals surface area contributed by atoms with Gasteiger partial charge in [-0.15, -0.1) is 35.3 Å². The summed E-state index contributed by atoms with van der Waals surface area (Å²) in [5.74, 6) is 2.11. The number of thiophene rings is 1. The Bertz CT molecular complexity index is 663. The Morgan fingerprint density at radius 2 is 2.04 bits per heavy atom. The van der Waals surface area contributed by atoms with Crippen LogP contribution in [0.5, 0.6) is 0 Å². The summed E-state index contributed by atoms with van der Waals surface area (Å²) in [6, 6.07) is 4.38. The Labute approximate surface area is 182 Å². The molecule has 3 aliphatic heterocycles. The molecule has 0 aliphatic carbocycles. The van der Waals surface area contributed by atoms with E-state index in [1.807, 2.05) is 0 Å². The molecule has 5 unspecified atom stereocenters. The molecule has 150 valence electrons. The van der Waals surface area contributed by atoms with E-state index in [1.54, 1.807) is 30.3 Å². The van der Waals surface area contributed by atoms with Crippen LogP contribution in [-0.2, 0) is 9.53 Å². The summed E-state index contributed by atoms with van der Waals surface area (Å²) in [7, 11) is 3.54. The van der Waals surface area contributed by atoms with Crippen LogP contribution < -0.4 is 5.32 Å². The van der Waals surface area contributed by atoms with Gasteiger partial charge in [0.05, 0.1) is 18.2 Å². The molecule has 3 saturated heterocycles. The van der Waals surface area contributed by atoms with Crippen molar-refractivity contribution in [1.29, 1.82) is 0 Å². The zero-order valence-corrected chi connectivity index (χ0v) is 19.3. The van der Waals surface area contributed by atoms with E-state index in [9.17, 15) is 4.79 Å². The summed E-state index contributed by atoms with van der Waals surface area (Å²) in [6.45, 7) is 4.29. The van der Waals surface area contributed by atoms with Crippen molar-refractivity contribution in [3.8, 4) is 0 Å². The van der Waals surface area contributed by atoms with Crippen molar-refractivity contribution in [2.75, 3.05) is 33.7 Å². The highest BCUT2D eigenvalue weighted by atomic mass is 127. The van der Waals surface area contributed by atoms with Gasteiger partial charge in [-0.2, -0.15) is 0 Å². The fourth-order valence-electron chi connectivity index (χ4n) is 4.46. The predicted octanol–water partition coefficient (Wildman–Crippen LogP) is 2.57. The first kappa shape index (κ1) is 20.9. The Hall–Kier alpha value is -0.870. The normalized spacial score (nSPS) is 30.0. The summed E-state index contributed by atoms with van der Waals surface area (Å²) in [5.41, 5.74) is 0. The number of hydrogen-bond acceptors (Lipinski definition) is 4. The van der Waals surface area contributed by atoms with Crippen LogP contribution >= 0.6 is 35.3 Å². The number of nitrogens with one attached hydrogen (secondary N) is 1.